The van der Waals surface area contributed by atoms with Crippen LogP contribution in [0.25, 0.3) is 6.08 Å². The molecule has 2 aromatic rings. The highest BCUT2D eigenvalue weighted by atomic mass is 32.1. The van der Waals surface area contributed by atoms with Crippen LogP contribution in [0.3, 0.4) is 0 Å². The van der Waals surface area contributed by atoms with Gasteiger partial charge in [0.15, 0.2) is 5.78 Å². The summed E-state index contributed by atoms with van der Waals surface area (Å²) in [4.78, 5) is 24.2. The topological polar surface area (TPSA) is 46.2 Å². The summed E-state index contributed by atoms with van der Waals surface area (Å²) in [6, 6.07) is 8.11. The molecule has 0 aliphatic carbocycles. The zero-order chi connectivity index (χ0) is 17.7. The molecule has 0 saturated heterocycles. The minimum atomic E-state index is -4.42. The van der Waals surface area contributed by atoms with Crippen molar-refractivity contribution in [3.05, 3.63) is 63.4 Å². The van der Waals surface area contributed by atoms with Crippen LogP contribution in [0.15, 0.2) is 42.5 Å². The molecule has 0 bridgehead atoms. The molecule has 1 heterocycles. The molecule has 0 fully saturated rings. The lowest BCUT2D eigenvalue weighted by Gasteiger charge is -2.06. The van der Waals surface area contributed by atoms with Crippen molar-refractivity contribution < 1.29 is 22.8 Å². The smallest absolute Gasteiger partial charge is 0.351 e. The summed E-state index contributed by atoms with van der Waals surface area (Å²) >= 11 is 1.23. The molecule has 0 unspecified atom stereocenters. The fourth-order valence-corrected chi connectivity index (χ4v) is 2.76. The van der Waals surface area contributed by atoms with E-state index in [1.165, 1.54) is 42.5 Å². The first-order valence-electron chi connectivity index (χ1n) is 6.98. The van der Waals surface area contributed by atoms with Crippen molar-refractivity contribution in [1.29, 1.82) is 0 Å². The van der Waals surface area contributed by atoms with Gasteiger partial charge in [0, 0.05) is 11.8 Å². The standard InChI is InChI=1S/C17H14F3NO2S/c1-11(22)21-10-14-6-8-16(24-14)15(23)7-5-12-3-2-4-13(9-12)17(18,19)20/h2-9H,10H2,1H3,(H,21,22). The lowest BCUT2D eigenvalue weighted by atomic mass is 10.1. The average Bonchev–Trinajstić information content (AvgIpc) is 2.99. The molecule has 0 radical (unpaired) electrons. The third kappa shape index (κ3) is 5.06. The molecule has 2 rings (SSSR count). The van der Waals surface area contributed by atoms with Gasteiger partial charge in [-0.3, -0.25) is 9.59 Å². The van der Waals surface area contributed by atoms with E-state index in [-0.39, 0.29) is 11.7 Å². The van der Waals surface area contributed by atoms with E-state index in [4.69, 9.17) is 0 Å². The van der Waals surface area contributed by atoms with Gasteiger partial charge in [-0.05, 0) is 35.9 Å². The van der Waals surface area contributed by atoms with E-state index in [1.807, 2.05) is 0 Å². The SMILES string of the molecule is CC(=O)NCc1ccc(C(=O)C=Cc2cccc(C(F)(F)F)c2)s1. The van der Waals surface area contributed by atoms with Crippen LogP contribution in [0, 0.1) is 0 Å². The number of carbonyl (C=O) groups is 2. The lowest BCUT2D eigenvalue weighted by Crippen LogP contribution is -2.18. The maximum Gasteiger partial charge on any atom is 0.416 e. The molecule has 0 atom stereocenters. The molecule has 3 nitrogen and oxygen atoms in total. The van der Waals surface area contributed by atoms with E-state index >= 15 is 0 Å². The quantitative estimate of drug-likeness (QED) is 0.643. The Hall–Kier alpha value is -2.41. The van der Waals surface area contributed by atoms with E-state index < -0.39 is 11.7 Å². The van der Waals surface area contributed by atoms with Gasteiger partial charge in [-0.15, -0.1) is 11.3 Å². The first-order chi connectivity index (χ1) is 11.3. The fraction of sp³-hybridized carbons (Fsp3) is 0.176. The van der Waals surface area contributed by atoms with E-state index in [9.17, 15) is 22.8 Å². The maximum atomic E-state index is 12.6. The van der Waals surface area contributed by atoms with Gasteiger partial charge < -0.3 is 5.32 Å². The minimum Gasteiger partial charge on any atom is -0.351 e. The summed E-state index contributed by atoms with van der Waals surface area (Å²) in [5.74, 6) is -0.466. The number of amides is 1. The molecule has 24 heavy (non-hydrogen) atoms. The number of thiophene rings is 1. The van der Waals surface area contributed by atoms with Gasteiger partial charge in [-0.25, -0.2) is 0 Å². The van der Waals surface area contributed by atoms with E-state index in [1.54, 1.807) is 12.1 Å². The van der Waals surface area contributed by atoms with Crippen LogP contribution in [0.2, 0.25) is 0 Å². The Labute approximate surface area is 140 Å². The van der Waals surface area contributed by atoms with Gasteiger partial charge in [0.25, 0.3) is 0 Å². The Kier molecular flexibility index (Phi) is 5.56. The van der Waals surface area contributed by atoms with Crippen molar-refractivity contribution >= 4 is 29.1 Å². The molecule has 0 aliphatic rings. The van der Waals surface area contributed by atoms with Crippen molar-refractivity contribution in [2.24, 2.45) is 0 Å². The average molecular weight is 353 g/mol. The molecular formula is C17H14F3NO2S. The van der Waals surface area contributed by atoms with Crippen LogP contribution >= 0.6 is 11.3 Å². The Morgan fingerprint density at radius 3 is 2.62 bits per heavy atom. The first kappa shape index (κ1) is 17.9. The van der Waals surface area contributed by atoms with E-state index in [0.29, 0.717) is 17.0 Å². The van der Waals surface area contributed by atoms with Gasteiger partial charge in [-0.1, -0.05) is 18.2 Å². The first-order valence-corrected chi connectivity index (χ1v) is 7.80. The number of allylic oxidation sites excluding steroid dienone is 1. The molecule has 0 spiro atoms. The van der Waals surface area contributed by atoms with Gasteiger partial charge in [0.2, 0.25) is 5.91 Å². The molecular weight excluding hydrogens is 339 g/mol. The second kappa shape index (κ2) is 7.44. The number of hydrogen-bond acceptors (Lipinski definition) is 3. The highest BCUT2D eigenvalue weighted by Gasteiger charge is 2.30. The summed E-state index contributed by atoms with van der Waals surface area (Å²) in [5, 5.41) is 2.63. The molecule has 126 valence electrons. The van der Waals surface area contributed by atoms with E-state index in [0.717, 1.165) is 17.0 Å². The Morgan fingerprint density at radius 2 is 1.96 bits per heavy atom. The van der Waals surface area contributed by atoms with Crippen molar-refractivity contribution in [3.8, 4) is 0 Å². The van der Waals surface area contributed by atoms with Crippen molar-refractivity contribution in [1.82, 2.24) is 5.32 Å². The number of nitrogens with one attached hydrogen (secondary N) is 1. The molecule has 0 saturated carbocycles. The van der Waals surface area contributed by atoms with Crippen molar-refractivity contribution in [3.63, 3.8) is 0 Å². The third-order valence-corrected chi connectivity index (χ3v) is 4.16. The molecule has 1 amide bonds. The molecule has 0 aliphatic heterocycles. The minimum absolute atomic E-state index is 0.166. The molecule has 1 aromatic carbocycles. The van der Waals surface area contributed by atoms with Gasteiger partial charge >= 0.3 is 6.18 Å². The number of ketones is 1. The highest BCUT2D eigenvalue weighted by molar-refractivity contribution is 7.14. The lowest BCUT2D eigenvalue weighted by molar-refractivity contribution is -0.137. The molecule has 1 N–H and O–H groups in total. The predicted molar refractivity (Wildman–Crippen MR) is 86.6 cm³/mol. The number of alkyl halides is 3. The van der Waals surface area contributed by atoms with Crippen LogP contribution in [0.1, 0.15) is 32.6 Å². The van der Waals surface area contributed by atoms with E-state index in [2.05, 4.69) is 5.32 Å². The third-order valence-electron chi connectivity index (χ3n) is 3.06. The molecule has 1 aromatic heterocycles. The maximum absolute atomic E-state index is 12.6. The van der Waals surface area contributed by atoms with Gasteiger partial charge in [0.1, 0.15) is 0 Å². The Balaban J connectivity index is 2.07. The Morgan fingerprint density at radius 1 is 1.21 bits per heavy atom. The zero-order valence-electron chi connectivity index (χ0n) is 12.7. The monoisotopic (exact) mass is 353 g/mol. The number of halogens is 3. The van der Waals surface area contributed by atoms with Crippen LogP contribution < -0.4 is 5.32 Å². The van der Waals surface area contributed by atoms with Crippen LogP contribution in [-0.4, -0.2) is 11.7 Å². The van der Waals surface area contributed by atoms with Crippen LogP contribution in [0.4, 0.5) is 13.2 Å². The largest absolute Gasteiger partial charge is 0.416 e. The predicted octanol–water partition coefficient (Wildman–Crippen LogP) is 4.30. The summed E-state index contributed by atoms with van der Waals surface area (Å²) < 4.78 is 37.9. The number of benzene rings is 1. The number of hydrogen-bond donors (Lipinski definition) is 1. The van der Waals surface area contributed by atoms with Gasteiger partial charge in [-0.2, -0.15) is 13.2 Å². The summed E-state index contributed by atoms with van der Waals surface area (Å²) in [6.45, 7) is 1.74. The number of rotatable bonds is 5. The summed E-state index contributed by atoms with van der Waals surface area (Å²) in [7, 11) is 0. The van der Waals surface area contributed by atoms with Crippen LogP contribution in [-0.2, 0) is 17.5 Å². The van der Waals surface area contributed by atoms with Crippen LogP contribution in [0.5, 0.6) is 0 Å². The Bertz CT molecular complexity index is 778. The highest BCUT2D eigenvalue weighted by Crippen LogP contribution is 2.29. The molecule has 7 heteroatoms. The summed E-state index contributed by atoms with van der Waals surface area (Å²) in [5.41, 5.74) is -0.459. The zero-order valence-corrected chi connectivity index (χ0v) is 13.5. The van der Waals surface area contributed by atoms with Gasteiger partial charge in [0.05, 0.1) is 17.0 Å². The second-order valence-corrected chi connectivity index (χ2v) is 6.16. The number of carbonyl (C=O) groups excluding carboxylic acids is 2. The normalized spacial score (nSPS) is 11.7. The van der Waals surface area contributed by atoms with Crippen molar-refractivity contribution in [2.75, 3.05) is 0 Å². The van der Waals surface area contributed by atoms with Crippen molar-refractivity contribution in [2.45, 2.75) is 19.6 Å². The fourth-order valence-electron chi connectivity index (χ4n) is 1.89. The second-order valence-electron chi connectivity index (χ2n) is 5.00. The summed E-state index contributed by atoms with van der Waals surface area (Å²) in [6.07, 6.45) is -1.82.